The van der Waals surface area contributed by atoms with Crippen molar-refractivity contribution < 1.29 is 14.3 Å². The van der Waals surface area contributed by atoms with Gasteiger partial charge in [-0.1, -0.05) is 60.1 Å². The molecule has 0 unspecified atom stereocenters. The summed E-state index contributed by atoms with van der Waals surface area (Å²) in [6.07, 6.45) is 0.354. The first-order valence-electron chi connectivity index (χ1n) is 7.49. The Hall–Kier alpha value is -2.53. The topological polar surface area (TPSA) is 67.4 Å². The zero-order valence-corrected chi connectivity index (χ0v) is 14.0. The monoisotopic (exact) mass is 346 g/mol. The lowest BCUT2D eigenvalue weighted by Crippen LogP contribution is -2.47. The largest absolute Gasteiger partial charge is 0.467 e. The Balaban J connectivity index is 1.94. The van der Waals surface area contributed by atoms with Crippen molar-refractivity contribution in [2.24, 2.45) is 0 Å². The lowest BCUT2D eigenvalue weighted by Gasteiger charge is -2.17. The highest BCUT2D eigenvalue weighted by atomic mass is 35.5. The van der Waals surface area contributed by atoms with E-state index in [-0.39, 0.29) is 6.54 Å². The molecule has 0 spiro atoms. The third kappa shape index (κ3) is 5.28. The van der Waals surface area contributed by atoms with Gasteiger partial charge in [0, 0.05) is 18.0 Å². The average molecular weight is 347 g/mol. The Kier molecular flexibility index (Phi) is 6.63. The van der Waals surface area contributed by atoms with E-state index in [2.05, 4.69) is 10.6 Å². The van der Waals surface area contributed by atoms with Crippen molar-refractivity contribution in [2.75, 3.05) is 7.11 Å². The summed E-state index contributed by atoms with van der Waals surface area (Å²) in [6.45, 7) is 0.269. The third-order valence-corrected chi connectivity index (χ3v) is 3.84. The molecule has 2 aromatic rings. The third-order valence-electron chi connectivity index (χ3n) is 3.47. The van der Waals surface area contributed by atoms with Crippen LogP contribution in [0.15, 0.2) is 54.6 Å². The predicted molar refractivity (Wildman–Crippen MR) is 92.8 cm³/mol. The molecule has 0 bridgehead atoms. The molecule has 0 aliphatic carbocycles. The lowest BCUT2D eigenvalue weighted by atomic mass is 10.1. The number of benzene rings is 2. The Labute approximate surface area is 146 Å². The van der Waals surface area contributed by atoms with E-state index in [1.807, 2.05) is 48.5 Å². The standard InChI is InChI=1S/C18H19ClN2O3/c1-24-17(22)16(11-13-7-3-2-4-8-13)21-18(23)20-12-14-9-5-6-10-15(14)19/h2-10,16H,11-12H2,1H3,(H2,20,21,23)/t16-/m1/s1. The molecule has 0 heterocycles. The van der Waals surface area contributed by atoms with E-state index in [4.69, 9.17) is 16.3 Å². The number of halogens is 1. The van der Waals surface area contributed by atoms with Gasteiger partial charge in [-0.15, -0.1) is 0 Å². The second kappa shape index (κ2) is 8.93. The fourth-order valence-electron chi connectivity index (χ4n) is 2.21. The highest BCUT2D eigenvalue weighted by molar-refractivity contribution is 6.31. The van der Waals surface area contributed by atoms with Gasteiger partial charge >= 0.3 is 12.0 Å². The van der Waals surface area contributed by atoms with Gasteiger partial charge in [0.1, 0.15) is 6.04 Å². The van der Waals surface area contributed by atoms with Crippen LogP contribution in [0, 0.1) is 0 Å². The molecule has 2 rings (SSSR count). The second-order valence-corrected chi connectivity index (χ2v) is 5.59. The number of rotatable bonds is 6. The molecule has 0 saturated carbocycles. The van der Waals surface area contributed by atoms with Crippen LogP contribution in [0.4, 0.5) is 4.79 Å². The molecule has 0 saturated heterocycles. The van der Waals surface area contributed by atoms with Crippen molar-refractivity contribution in [3.05, 3.63) is 70.7 Å². The van der Waals surface area contributed by atoms with E-state index < -0.39 is 18.0 Å². The van der Waals surface area contributed by atoms with Crippen LogP contribution >= 0.6 is 11.6 Å². The van der Waals surface area contributed by atoms with Crippen molar-refractivity contribution in [1.82, 2.24) is 10.6 Å². The van der Waals surface area contributed by atoms with Crippen molar-refractivity contribution in [3.8, 4) is 0 Å². The predicted octanol–water partition coefficient (Wildman–Crippen LogP) is 2.92. The Morgan fingerprint density at radius 3 is 2.42 bits per heavy atom. The molecule has 6 heteroatoms. The normalized spacial score (nSPS) is 11.4. The zero-order chi connectivity index (χ0) is 17.4. The lowest BCUT2D eigenvalue weighted by molar-refractivity contribution is -0.142. The quantitative estimate of drug-likeness (QED) is 0.790. The second-order valence-electron chi connectivity index (χ2n) is 5.18. The molecule has 126 valence electrons. The van der Waals surface area contributed by atoms with Crippen LogP contribution in [0.5, 0.6) is 0 Å². The van der Waals surface area contributed by atoms with Crippen LogP contribution in [0.3, 0.4) is 0 Å². The molecule has 1 atom stereocenters. The molecule has 2 aromatic carbocycles. The van der Waals surface area contributed by atoms with Crippen LogP contribution in [-0.2, 0) is 22.5 Å². The Bertz CT molecular complexity index is 692. The van der Waals surface area contributed by atoms with Crippen molar-refractivity contribution in [1.29, 1.82) is 0 Å². The zero-order valence-electron chi connectivity index (χ0n) is 13.3. The van der Waals surface area contributed by atoms with E-state index in [9.17, 15) is 9.59 Å². The summed E-state index contributed by atoms with van der Waals surface area (Å²) < 4.78 is 4.76. The van der Waals surface area contributed by atoms with Crippen LogP contribution < -0.4 is 10.6 Å². The molecule has 0 fully saturated rings. The summed E-state index contributed by atoms with van der Waals surface area (Å²) in [7, 11) is 1.30. The molecule has 0 aliphatic rings. The Morgan fingerprint density at radius 1 is 1.08 bits per heavy atom. The molecule has 0 aromatic heterocycles. The molecule has 24 heavy (non-hydrogen) atoms. The number of esters is 1. The highest BCUT2D eigenvalue weighted by Gasteiger charge is 2.21. The van der Waals surface area contributed by atoms with Gasteiger partial charge in [-0.3, -0.25) is 0 Å². The van der Waals surface area contributed by atoms with Crippen molar-refractivity contribution in [3.63, 3.8) is 0 Å². The van der Waals surface area contributed by atoms with Gasteiger partial charge in [0.2, 0.25) is 0 Å². The van der Waals surface area contributed by atoms with Crippen LogP contribution in [0.2, 0.25) is 5.02 Å². The van der Waals surface area contributed by atoms with E-state index >= 15 is 0 Å². The van der Waals surface area contributed by atoms with E-state index in [1.165, 1.54) is 7.11 Å². The number of amides is 2. The minimum atomic E-state index is -0.761. The summed E-state index contributed by atoms with van der Waals surface area (Å²) in [5.41, 5.74) is 1.73. The van der Waals surface area contributed by atoms with Gasteiger partial charge in [0.15, 0.2) is 0 Å². The molecule has 0 aliphatic heterocycles. The first kappa shape index (κ1) is 17.8. The van der Waals surface area contributed by atoms with Gasteiger partial charge in [0.05, 0.1) is 7.11 Å². The fraction of sp³-hybridized carbons (Fsp3) is 0.222. The Morgan fingerprint density at radius 2 is 1.75 bits per heavy atom. The molecule has 5 nitrogen and oxygen atoms in total. The minimum absolute atomic E-state index is 0.269. The van der Waals surface area contributed by atoms with Gasteiger partial charge in [0.25, 0.3) is 0 Å². The van der Waals surface area contributed by atoms with E-state index in [0.717, 1.165) is 11.1 Å². The van der Waals surface area contributed by atoms with Crippen molar-refractivity contribution in [2.45, 2.75) is 19.0 Å². The van der Waals surface area contributed by atoms with Gasteiger partial charge in [-0.2, -0.15) is 0 Å². The van der Waals surface area contributed by atoms with Gasteiger partial charge in [-0.25, -0.2) is 9.59 Å². The summed E-state index contributed by atoms with van der Waals surface area (Å²) in [5.74, 6) is -0.494. The fourth-order valence-corrected chi connectivity index (χ4v) is 2.41. The first-order chi connectivity index (χ1) is 11.6. The van der Waals surface area contributed by atoms with Crippen LogP contribution in [0.25, 0.3) is 0 Å². The summed E-state index contributed by atoms with van der Waals surface area (Å²) >= 11 is 6.05. The molecule has 0 radical (unpaired) electrons. The van der Waals surface area contributed by atoms with Crippen LogP contribution in [0.1, 0.15) is 11.1 Å². The van der Waals surface area contributed by atoms with Gasteiger partial charge in [-0.05, 0) is 17.2 Å². The maximum Gasteiger partial charge on any atom is 0.328 e. The summed E-state index contributed by atoms with van der Waals surface area (Å²) in [5, 5.41) is 5.91. The molecular formula is C18H19ClN2O3. The average Bonchev–Trinajstić information content (AvgIpc) is 2.60. The number of hydrogen-bond acceptors (Lipinski definition) is 3. The highest BCUT2D eigenvalue weighted by Crippen LogP contribution is 2.14. The summed E-state index contributed by atoms with van der Waals surface area (Å²) in [6, 6.07) is 15.4. The summed E-state index contributed by atoms with van der Waals surface area (Å²) in [4.78, 5) is 24.0. The molecule has 2 N–H and O–H groups in total. The number of nitrogens with one attached hydrogen (secondary N) is 2. The molecular weight excluding hydrogens is 328 g/mol. The van der Waals surface area contributed by atoms with Crippen molar-refractivity contribution >= 4 is 23.6 Å². The number of methoxy groups -OCH3 is 1. The molecule has 2 amide bonds. The number of ether oxygens (including phenoxy) is 1. The number of carbonyl (C=O) groups is 2. The minimum Gasteiger partial charge on any atom is -0.467 e. The first-order valence-corrected chi connectivity index (χ1v) is 7.87. The smallest absolute Gasteiger partial charge is 0.328 e. The maximum atomic E-state index is 12.1. The van der Waals surface area contributed by atoms with Gasteiger partial charge < -0.3 is 15.4 Å². The maximum absolute atomic E-state index is 12.1. The number of hydrogen-bond donors (Lipinski definition) is 2. The number of carbonyl (C=O) groups excluding carboxylic acids is 2. The van der Waals surface area contributed by atoms with E-state index in [0.29, 0.717) is 11.4 Å². The number of urea groups is 1. The van der Waals surface area contributed by atoms with Crippen LogP contribution in [-0.4, -0.2) is 25.2 Å². The SMILES string of the molecule is COC(=O)[C@@H](Cc1ccccc1)NC(=O)NCc1ccccc1Cl. The van der Waals surface area contributed by atoms with E-state index in [1.54, 1.807) is 6.07 Å².